The summed E-state index contributed by atoms with van der Waals surface area (Å²) >= 11 is 0. The molecule has 2 heterocycles. The van der Waals surface area contributed by atoms with E-state index in [1.165, 1.54) is 77.6 Å². The average Bonchev–Trinajstić information content (AvgIpc) is 3.25. The van der Waals surface area contributed by atoms with Crippen molar-refractivity contribution >= 4 is 43.9 Å². The summed E-state index contributed by atoms with van der Waals surface area (Å²) in [5.74, 6) is -2.09. The SMILES string of the molecule is O=C(CCOCCOCCOCCOCCNC(=O)c1ccc(-c2c3ccc(=O)cc-3oc3cc(O)ccc23)c(C(=O)O)c1)NCC(O)C[n+]1cccc(CC(O)(P(=O)(O)O)P(=O)(O)O)c1. The van der Waals surface area contributed by atoms with Gasteiger partial charge in [0.15, 0.2) is 24.4 Å². The molecule has 2 amide bonds. The number of pyridine rings is 1. The predicted molar refractivity (Wildman–Crippen MR) is 232 cm³/mol. The van der Waals surface area contributed by atoms with Crippen molar-refractivity contribution in [2.45, 2.75) is 30.6 Å². The van der Waals surface area contributed by atoms with Crippen LogP contribution in [0.4, 0.5) is 0 Å². The lowest BCUT2D eigenvalue weighted by molar-refractivity contribution is -0.703. The molecule has 1 aliphatic carbocycles. The highest BCUT2D eigenvalue weighted by Crippen LogP contribution is 2.68. The number of aliphatic hydroxyl groups is 2. The summed E-state index contributed by atoms with van der Waals surface area (Å²) in [7, 11) is -11.3. The number of aliphatic hydroxyl groups excluding tert-OH is 1. The van der Waals surface area contributed by atoms with Crippen LogP contribution in [0.2, 0.25) is 0 Å². The van der Waals surface area contributed by atoms with Crippen LogP contribution < -0.4 is 20.6 Å². The minimum absolute atomic E-state index is 0.00778. The van der Waals surface area contributed by atoms with Crippen LogP contribution in [0, 0.1) is 0 Å². The molecule has 1 aliphatic heterocycles. The standard InChI is InChI=1S/C42H49N3O19P2/c46-29-4-7-33-36(21-29)64-37-22-30(47)5-8-34(37)39(33)32-6-3-28(20-35(32)41(51)52)40(50)43-10-13-61-15-17-63-19-18-62-16-14-60-12-9-38(49)44-24-31(48)26-45-11-1-2-27(25-45)23-42(53,65(54,55)56)66(57,58)59/h1-8,11,20-22,25,31,48,53H,9-10,12-19,23-24,26H2,(H7-,43,44,46,47,49,50,51,52,54,55,56,57,58,59)/p+1. The predicted octanol–water partition coefficient (Wildman–Crippen LogP) is 1.16. The molecule has 10 N–H and O–H groups in total. The first-order chi connectivity index (χ1) is 31.3. The normalized spacial score (nSPS) is 12.6. The number of phenolic OH excluding ortho intramolecular Hbond substituents is 1. The van der Waals surface area contributed by atoms with Gasteiger partial charge in [0.2, 0.25) is 5.91 Å². The second kappa shape index (κ2) is 23.3. The van der Waals surface area contributed by atoms with Gasteiger partial charge in [-0.1, -0.05) is 6.07 Å². The van der Waals surface area contributed by atoms with Crippen LogP contribution in [-0.4, -0.2) is 135 Å². The van der Waals surface area contributed by atoms with Gasteiger partial charge in [0, 0.05) is 71.8 Å². The first-order valence-electron chi connectivity index (χ1n) is 20.2. The summed E-state index contributed by atoms with van der Waals surface area (Å²) in [6.45, 7) is 1.55. The van der Waals surface area contributed by atoms with E-state index in [4.69, 9.17) is 23.4 Å². The number of phenols is 1. The van der Waals surface area contributed by atoms with Gasteiger partial charge in [-0.25, -0.2) is 9.36 Å². The number of aromatic hydroxyl groups is 1. The molecule has 22 nitrogen and oxygen atoms in total. The van der Waals surface area contributed by atoms with E-state index < -0.39 is 50.6 Å². The Hall–Kier alpha value is -5.45. The van der Waals surface area contributed by atoms with E-state index in [2.05, 4.69) is 10.6 Å². The van der Waals surface area contributed by atoms with Crippen LogP contribution >= 0.6 is 15.2 Å². The van der Waals surface area contributed by atoms with Gasteiger partial charge in [-0.15, -0.1) is 0 Å². The van der Waals surface area contributed by atoms with Gasteiger partial charge >= 0.3 is 21.2 Å². The van der Waals surface area contributed by atoms with Crippen molar-refractivity contribution < 1.29 is 91.4 Å². The number of carboxylic acid groups (broad SMARTS) is 1. The van der Waals surface area contributed by atoms with Crippen molar-refractivity contribution in [3.8, 4) is 28.2 Å². The summed E-state index contributed by atoms with van der Waals surface area (Å²) in [6.07, 6.45) is 0.530. The first-order valence-corrected chi connectivity index (χ1v) is 23.4. The van der Waals surface area contributed by atoms with E-state index in [0.29, 0.717) is 16.5 Å². The van der Waals surface area contributed by atoms with E-state index in [1.54, 1.807) is 6.07 Å². The van der Waals surface area contributed by atoms with Crippen LogP contribution in [0.5, 0.6) is 5.75 Å². The Bertz CT molecular complexity index is 2590. The Labute approximate surface area is 376 Å². The van der Waals surface area contributed by atoms with E-state index >= 15 is 0 Å². The second-order valence-corrected chi connectivity index (χ2v) is 18.8. The number of aromatic nitrogens is 1. The molecule has 24 heteroatoms. The molecule has 3 aromatic rings. The van der Waals surface area contributed by atoms with Crippen LogP contribution in [0.25, 0.3) is 33.4 Å². The number of hydrogen-bond donors (Lipinski definition) is 10. The molecule has 66 heavy (non-hydrogen) atoms. The van der Waals surface area contributed by atoms with Crippen molar-refractivity contribution in [2.24, 2.45) is 0 Å². The number of rotatable bonds is 26. The topological polar surface area (TPSA) is 342 Å². The highest BCUT2D eigenvalue weighted by atomic mass is 31.2. The fourth-order valence-corrected chi connectivity index (χ4v) is 8.70. The Morgan fingerprint density at radius 3 is 2.08 bits per heavy atom. The molecule has 356 valence electrons. The summed E-state index contributed by atoms with van der Waals surface area (Å²) in [5, 5.41) is 42.8. The van der Waals surface area contributed by atoms with Crippen molar-refractivity contribution in [3.63, 3.8) is 0 Å². The zero-order valence-electron chi connectivity index (χ0n) is 35.2. The maximum absolute atomic E-state index is 12.9. The molecule has 0 radical (unpaired) electrons. The molecule has 5 rings (SSSR count). The smallest absolute Gasteiger partial charge is 0.369 e. The summed E-state index contributed by atoms with van der Waals surface area (Å²) in [5.41, 5.74) is 1.05. The molecular formula is C42H50N3O19P2+. The number of hydrogen-bond acceptors (Lipinski definition) is 14. The van der Waals surface area contributed by atoms with Gasteiger partial charge in [0.1, 0.15) is 23.2 Å². The molecule has 0 fully saturated rings. The number of ether oxygens (including phenoxy) is 4. The molecule has 2 aliphatic rings. The molecule has 2 aromatic carbocycles. The van der Waals surface area contributed by atoms with E-state index in [-0.39, 0.29) is 124 Å². The zero-order valence-corrected chi connectivity index (χ0v) is 37.0. The van der Waals surface area contributed by atoms with Gasteiger partial charge in [0.25, 0.3) is 11.0 Å². The lowest BCUT2D eigenvalue weighted by Gasteiger charge is -2.28. The third kappa shape index (κ3) is 14.0. The quantitative estimate of drug-likeness (QED) is 0.0161. The number of carboxylic acids is 1. The Balaban J connectivity index is 0.907. The largest absolute Gasteiger partial charge is 0.508 e. The number of carbonyl (C=O) groups is 3. The Morgan fingerprint density at radius 1 is 0.788 bits per heavy atom. The highest BCUT2D eigenvalue weighted by Gasteiger charge is 2.59. The summed E-state index contributed by atoms with van der Waals surface area (Å²) in [4.78, 5) is 87.2. The van der Waals surface area contributed by atoms with Crippen molar-refractivity contribution in [1.82, 2.24) is 10.6 Å². The molecule has 0 saturated carbocycles. The number of carbonyl (C=O) groups excluding carboxylic acids is 2. The number of nitrogens with zero attached hydrogens (tertiary/aromatic N) is 1. The van der Waals surface area contributed by atoms with Gasteiger partial charge in [-0.2, -0.15) is 0 Å². The highest BCUT2D eigenvalue weighted by molar-refractivity contribution is 7.72. The number of benzene rings is 3. The van der Waals surface area contributed by atoms with Crippen molar-refractivity contribution in [1.29, 1.82) is 0 Å². The lowest BCUT2D eigenvalue weighted by atomic mass is 9.90. The molecule has 1 unspecified atom stereocenters. The third-order valence-corrected chi connectivity index (χ3v) is 13.6. The van der Waals surface area contributed by atoms with Crippen LogP contribution in [-0.2, 0) is 45.8 Å². The van der Waals surface area contributed by atoms with Crippen LogP contribution in [0.3, 0.4) is 0 Å². The molecule has 0 saturated heterocycles. The average molecular weight is 963 g/mol. The number of nitrogens with one attached hydrogen (secondary N) is 2. The number of aromatic carboxylic acids is 1. The van der Waals surface area contributed by atoms with Gasteiger partial charge in [-0.05, 0) is 48.0 Å². The minimum Gasteiger partial charge on any atom is -0.508 e. The second-order valence-electron chi connectivity index (χ2n) is 14.7. The monoisotopic (exact) mass is 962 g/mol. The van der Waals surface area contributed by atoms with Crippen molar-refractivity contribution in [3.05, 3.63) is 106 Å². The third-order valence-electron chi connectivity index (χ3n) is 9.83. The molecule has 1 atom stereocenters. The van der Waals surface area contributed by atoms with Crippen LogP contribution in [0.1, 0.15) is 32.7 Å². The lowest BCUT2D eigenvalue weighted by Crippen LogP contribution is -2.45. The first kappa shape index (κ1) is 51.5. The Morgan fingerprint density at radius 2 is 1.42 bits per heavy atom. The Kier molecular flexibility index (Phi) is 18.2. The minimum atomic E-state index is -5.66. The van der Waals surface area contributed by atoms with E-state index in [1.807, 2.05) is 0 Å². The summed E-state index contributed by atoms with van der Waals surface area (Å²) in [6, 6.07) is 15.5. The summed E-state index contributed by atoms with van der Waals surface area (Å²) < 4.78 is 52.3. The number of amides is 2. The maximum Gasteiger partial charge on any atom is 0.369 e. The molecule has 0 spiro atoms. The van der Waals surface area contributed by atoms with Gasteiger partial charge < -0.3 is 74.0 Å². The van der Waals surface area contributed by atoms with Crippen LogP contribution in [0.15, 0.2) is 88.3 Å². The zero-order chi connectivity index (χ0) is 48.1. The van der Waals surface area contributed by atoms with Crippen molar-refractivity contribution in [2.75, 3.05) is 65.9 Å². The van der Waals surface area contributed by atoms with Gasteiger partial charge in [0.05, 0.1) is 58.4 Å². The fraction of sp³-hybridized carbons (Fsp3) is 0.357. The molecular weight excluding hydrogens is 912 g/mol. The van der Waals surface area contributed by atoms with Gasteiger partial charge in [-0.3, -0.25) is 23.5 Å². The van der Waals surface area contributed by atoms with E-state index in [9.17, 15) is 68.3 Å². The fourth-order valence-electron chi connectivity index (χ4n) is 6.57. The maximum atomic E-state index is 12.9. The molecule has 1 aromatic heterocycles. The molecule has 0 bridgehead atoms. The van der Waals surface area contributed by atoms with E-state index in [0.717, 1.165) is 0 Å². The number of fused-ring (bicyclic) bond motifs is 2.